The van der Waals surface area contributed by atoms with Crippen molar-refractivity contribution < 1.29 is 32.6 Å². The number of nitrogens with zero attached hydrogens (tertiary/aromatic N) is 5. The van der Waals surface area contributed by atoms with Crippen LogP contribution in [0.3, 0.4) is 0 Å². The van der Waals surface area contributed by atoms with Crippen LogP contribution in [0.2, 0.25) is 0 Å². The number of imidazole rings is 1. The molecule has 3 rings (SSSR count). The predicted octanol–water partition coefficient (Wildman–Crippen LogP) is 1.27. The summed E-state index contributed by atoms with van der Waals surface area (Å²) >= 11 is 0. The van der Waals surface area contributed by atoms with E-state index in [-0.39, 0.29) is 36.0 Å². The Morgan fingerprint density at radius 3 is 2.75 bits per heavy atom. The molecule has 1 aliphatic heterocycles. The number of fused-ring (bicyclic) bond motifs is 1. The highest BCUT2D eigenvalue weighted by atomic mass is 19.4. The Morgan fingerprint density at radius 1 is 1.39 bits per heavy atom. The number of ether oxygens (including phenoxy) is 1. The molecular weight excluding hydrogens is 385 g/mol. The molecule has 1 unspecified atom stereocenters. The van der Waals surface area contributed by atoms with Crippen LogP contribution in [0, 0.1) is 0 Å². The fraction of sp³-hybridized carbons (Fsp3) is 0.533. The number of amides is 2. The second-order valence-electron chi connectivity index (χ2n) is 6.09. The van der Waals surface area contributed by atoms with Gasteiger partial charge in [0.15, 0.2) is 11.2 Å². The van der Waals surface area contributed by atoms with Gasteiger partial charge in [0.2, 0.25) is 11.7 Å². The molecule has 2 aromatic heterocycles. The van der Waals surface area contributed by atoms with Gasteiger partial charge in [0.1, 0.15) is 19.0 Å². The van der Waals surface area contributed by atoms with Crippen LogP contribution in [0.4, 0.5) is 18.0 Å². The molecule has 0 aliphatic carbocycles. The lowest BCUT2D eigenvalue weighted by molar-refractivity contribution is -0.123. The Kier molecular flexibility index (Phi) is 5.25. The molecule has 0 bridgehead atoms. The third-order valence-electron chi connectivity index (χ3n) is 4.16. The number of likely N-dealkylation sites (tertiary alicyclic amines) is 1. The first kappa shape index (κ1) is 19.6. The minimum atomic E-state index is -4.55. The molecule has 2 aromatic rings. The van der Waals surface area contributed by atoms with E-state index in [0.29, 0.717) is 13.0 Å². The summed E-state index contributed by atoms with van der Waals surface area (Å²) in [6, 6.07) is 0. The van der Waals surface area contributed by atoms with Crippen LogP contribution in [0.1, 0.15) is 24.0 Å². The van der Waals surface area contributed by atoms with Crippen molar-refractivity contribution in [2.75, 3.05) is 19.6 Å². The summed E-state index contributed by atoms with van der Waals surface area (Å²) in [6.07, 6.45) is -4.43. The maximum Gasteiger partial charge on any atom is 0.407 e. The van der Waals surface area contributed by atoms with Crippen molar-refractivity contribution in [2.45, 2.75) is 32.2 Å². The van der Waals surface area contributed by atoms with Crippen LogP contribution in [0.25, 0.3) is 11.2 Å². The molecule has 1 saturated heterocycles. The number of aryl methyl sites for hydroxylation is 1. The number of hydrogen-bond donors (Lipinski definition) is 2. The van der Waals surface area contributed by atoms with E-state index in [1.54, 1.807) is 12.2 Å². The number of hydrogen-bond acceptors (Lipinski definition) is 6. The predicted molar refractivity (Wildman–Crippen MR) is 88.0 cm³/mol. The minimum Gasteiger partial charge on any atom is -0.471 e. The molecule has 0 spiro atoms. The molecular formula is C15H17F3N6O4. The fourth-order valence-electron chi connectivity index (χ4n) is 2.89. The van der Waals surface area contributed by atoms with Crippen molar-refractivity contribution in [3.05, 3.63) is 12.2 Å². The van der Waals surface area contributed by atoms with Gasteiger partial charge in [-0.2, -0.15) is 18.2 Å². The molecule has 1 fully saturated rings. The maximum absolute atomic E-state index is 12.4. The quantitative estimate of drug-likeness (QED) is 0.772. The van der Waals surface area contributed by atoms with E-state index in [2.05, 4.69) is 15.0 Å². The van der Waals surface area contributed by atoms with Crippen LogP contribution < -0.4 is 10.1 Å². The summed E-state index contributed by atoms with van der Waals surface area (Å²) in [6.45, 7) is 0.891. The van der Waals surface area contributed by atoms with Gasteiger partial charge in [-0.25, -0.2) is 14.8 Å². The van der Waals surface area contributed by atoms with Crippen molar-refractivity contribution >= 4 is 23.2 Å². The third kappa shape index (κ3) is 4.07. The van der Waals surface area contributed by atoms with Crippen molar-refractivity contribution in [1.29, 1.82) is 0 Å². The second kappa shape index (κ2) is 7.48. The van der Waals surface area contributed by atoms with Gasteiger partial charge in [-0.15, -0.1) is 0 Å². The number of carbonyl (C=O) groups is 2. The van der Waals surface area contributed by atoms with Crippen LogP contribution in [0.15, 0.2) is 6.33 Å². The summed E-state index contributed by atoms with van der Waals surface area (Å²) in [5, 5.41) is 10.8. The number of carbonyl (C=O) groups excluding carboxylic acids is 1. The summed E-state index contributed by atoms with van der Waals surface area (Å²) in [4.78, 5) is 36.5. The SMILES string of the molecule is CCn1c(C(=O)NCC(F)(F)F)nc2c(OC3CCN(C(=O)O)C3)ncnc21. The standard InChI is InChI=1S/C15H17F3N6O4/c1-2-24-10-9(22-11(24)12(25)19-6-15(16,17)18)13(21-7-20-10)28-8-3-4-23(5-8)14(26)27/h7-8H,2-6H2,1H3,(H,19,25)(H,26,27). The van der Waals surface area contributed by atoms with Crippen molar-refractivity contribution in [3.63, 3.8) is 0 Å². The Hall–Kier alpha value is -3.12. The average molecular weight is 402 g/mol. The number of rotatable bonds is 5. The average Bonchev–Trinajstić information content (AvgIpc) is 3.24. The number of aromatic nitrogens is 4. The first-order valence-corrected chi connectivity index (χ1v) is 8.40. The number of carboxylic acid groups (broad SMARTS) is 1. The molecule has 1 atom stereocenters. The summed E-state index contributed by atoms with van der Waals surface area (Å²) < 4.78 is 44.2. The Morgan fingerprint density at radius 2 is 2.14 bits per heavy atom. The van der Waals surface area contributed by atoms with Gasteiger partial charge < -0.3 is 24.6 Å². The van der Waals surface area contributed by atoms with Crippen LogP contribution in [-0.2, 0) is 6.54 Å². The molecule has 1 aliphatic rings. The number of nitrogens with one attached hydrogen (secondary N) is 1. The summed E-state index contributed by atoms with van der Waals surface area (Å²) in [7, 11) is 0. The van der Waals surface area contributed by atoms with E-state index in [0.717, 1.165) is 0 Å². The van der Waals surface area contributed by atoms with E-state index >= 15 is 0 Å². The topological polar surface area (TPSA) is 122 Å². The van der Waals surface area contributed by atoms with Gasteiger partial charge in [0.25, 0.3) is 5.91 Å². The highest BCUT2D eigenvalue weighted by Crippen LogP contribution is 2.25. The van der Waals surface area contributed by atoms with Gasteiger partial charge in [-0.3, -0.25) is 4.79 Å². The van der Waals surface area contributed by atoms with E-state index in [1.165, 1.54) is 15.8 Å². The number of alkyl halides is 3. The zero-order valence-corrected chi connectivity index (χ0v) is 14.7. The molecule has 0 radical (unpaired) electrons. The summed E-state index contributed by atoms with van der Waals surface area (Å²) in [5.74, 6) is -1.20. The Bertz CT molecular complexity index is 900. The molecule has 0 aromatic carbocycles. The molecule has 152 valence electrons. The van der Waals surface area contributed by atoms with E-state index in [1.807, 2.05) is 0 Å². The van der Waals surface area contributed by atoms with Crippen molar-refractivity contribution in [3.8, 4) is 5.88 Å². The zero-order valence-electron chi connectivity index (χ0n) is 14.7. The van der Waals surface area contributed by atoms with Crippen LogP contribution in [0.5, 0.6) is 5.88 Å². The Balaban J connectivity index is 1.87. The van der Waals surface area contributed by atoms with Gasteiger partial charge in [-0.05, 0) is 6.92 Å². The fourth-order valence-corrected chi connectivity index (χ4v) is 2.89. The largest absolute Gasteiger partial charge is 0.471 e. The lowest BCUT2D eigenvalue weighted by atomic mass is 10.3. The third-order valence-corrected chi connectivity index (χ3v) is 4.16. The smallest absolute Gasteiger partial charge is 0.407 e. The highest BCUT2D eigenvalue weighted by Gasteiger charge is 2.31. The van der Waals surface area contributed by atoms with Crippen LogP contribution >= 0.6 is 0 Å². The molecule has 2 amide bonds. The van der Waals surface area contributed by atoms with E-state index in [9.17, 15) is 22.8 Å². The van der Waals surface area contributed by atoms with Gasteiger partial charge in [0, 0.05) is 19.5 Å². The normalized spacial score (nSPS) is 17.1. The number of halogens is 3. The molecule has 0 saturated carbocycles. The van der Waals surface area contributed by atoms with Crippen LogP contribution in [-0.4, -0.2) is 73.4 Å². The molecule has 28 heavy (non-hydrogen) atoms. The lowest BCUT2D eigenvalue weighted by Crippen LogP contribution is -2.35. The molecule has 3 heterocycles. The highest BCUT2D eigenvalue weighted by molar-refractivity contribution is 5.95. The monoisotopic (exact) mass is 402 g/mol. The molecule has 13 heteroatoms. The van der Waals surface area contributed by atoms with Crippen molar-refractivity contribution in [1.82, 2.24) is 29.7 Å². The minimum absolute atomic E-state index is 0.0410. The zero-order chi connectivity index (χ0) is 20.5. The van der Waals surface area contributed by atoms with Gasteiger partial charge >= 0.3 is 12.3 Å². The first-order valence-electron chi connectivity index (χ1n) is 8.40. The molecule has 2 N–H and O–H groups in total. The van der Waals surface area contributed by atoms with Gasteiger partial charge in [-0.1, -0.05) is 0 Å². The Labute approximate surface area is 156 Å². The molecule has 10 nitrogen and oxygen atoms in total. The van der Waals surface area contributed by atoms with Crippen molar-refractivity contribution in [2.24, 2.45) is 0 Å². The van der Waals surface area contributed by atoms with E-state index in [4.69, 9.17) is 9.84 Å². The maximum atomic E-state index is 12.4. The summed E-state index contributed by atoms with van der Waals surface area (Å²) in [5.41, 5.74) is 0.355. The van der Waals surface area contributed by atoms with Gasteiger partial charge in [0.05, 0.1) is 6.54 Å². The second-order valence-corrected chi connectivity index (χ2v) is 6.09. The lowest BCUT2D eigenvalue weighted by Gasteiger charge is -2.13. The van der Waals surface area contributed by atoms with E-state index < -0.39 is 30.8 Å². The first-order chi connectivity index (χ1) is 13.2.